The SMILES string of the molecule is C=CC(C/C=C/CCCCCC)OC(C)=O. The smallest absolute Gasteiger partial charge is 0.303 e. The van der Waals surface area contributed by atoms with E-state index in [0.29, 0.717) is 0 Å². The summed E-state index contributed by atoms with van der Waals surface area (Å²) in [5.41, 5.74) is 0. The molecule has 0 N–H and O–H groups in total. The number of rotatable bonds is 9. The molecule has 0 amide bonds. The van der Waals surface area contributed by atoms with E-state index in [1.54, 1.807) is 6.08 Å². The molecule has 0 saturated heterocycles. The summed E-state index contributed by atoms with van der Waals surface area (Å²) in [6.45, 7) is 7.28. The highest BCUT2D eigenvalue weighted by Gasteiger charge is 2.03. The molecule has 1 atom stereocenters. The second-order valence-electron chi connectivity index (χ2n) is 3.94. The summed E-state index contributed by atoms with van der Waals surface area (Å²) < 4.78 is 5.04. The van der Waals surface area contributed by atoms with E-state index in [-0.39, 0.29) is 12.1 Å². The lowest BCUT2D eigenvalue weighted by molar-refractivity contribution is -0.143. The zero-order valence-corrected chi connectivity index (χ0v) is 10.6. The van der Waals surface area contributed by atoms with Crippen LogP contribution in [0.15, 0.2) is 24.8 Å². The normalized spacial score (nSPS) is 12.6. The molecule has 2 nitrogen and oxygen atoms in total. The van der Waals surface area contributed by atoms with E-state index >= 15 is 0 Å². The average Bonchev–Trinajstić information content (AvgIpc) is 2.25. The topological polar surface area (TPSA) is 26.3 Å². The van der Waals surface area contributed by atoms with Crippen LogP contribution in [0.2, 0.25) is 0 Å². The lowest BCUT2D eigenvalue weighted by atomic mass is 10.1. The van der Waals surface area contributed by atoms with Gasteiger partial charge in [0.2, 0.25) is 0 Å². The number of carbonyl (C=O) groups is 1. The molecule has 0 fully saturated rings. The van der Waals surface area contributed by atoms with Gasteiger partial charge in [-0.3, -0.25) is 4.79 Å². The molecular weight excluding hydrogens is 200 g/mol. The maximum absolute atomic E-state index is 10.7. The van der Waals surface area contributed by atoms with Gasteiger partial charge < -0.3 is 4.74 Å². The fourth-order valence-electron chi connectivity index (χ4n) is 1.44. The van der Waals surface area contributed by atoms with Crippen molar-refractivity contribution in [3.63, 3.8) is 0 Å². The Bertz CT molecular complexity index is 219. The maximum atomic E-state index is 10.7. The molecule has 2 heteroatoms. The average molecular weight is 224 g/mol. The van der Waals surface area contributed by atoms with Crippen molar-refractivity contribution in [2.24, 2.45) is 0 Å². The van der Waals surface area contributed by atoms with Crippen molar-refractivity contribution in [3.05, 3.63) is 24.8 Å². The summed E-state index contributed by atoms with van der Waals surface area (Å²) in [7, 11) is 0. The van der Waals surface area contributed by atoms with Crippen molar-refractivity contribution in [3.8, 4) is 0 Å². The van der Waals surface area contributed by atoms with Crippen molar-refractivity contribution in [1.82, 2.24) is 0 Å². The van der Waals surface area contributed by atoms with Gasteiger partial charge in [-0.15, -0.1) is 0 Å². The Morgan fingerprint density at radius 2 is 2.06 bits per heavy atom. The molecule has 0 aromatic carbocycles. The second kappa shape index (κ2) is 10.5. The van der Waals surface area contributed by atoms with E-state index in [4.69, 9.17) is 4.74 Å². The Morgan fingerprint density at radius 3 is 2.62 bits per heavy atom. The highest BCUT2D eigenvalue weighted by atomic mass is 16.5. The number of allylic oxidation sites excluding steroid dienone is 1. The first-order valence-corrected chi connectivity index (χ1v) is 6.15. The first kappa shape index (κ1) is 14.9. The van der Waals surface area contributed by atoms with E-state index in [1.165, 1.54) is 32.6 Å². The lowest BCUT2D eigenvalue weighted by Crippen LogP contribution is -2.12. The molecule has 1 unspecified atom stereocenters. The highest BCUT2D eigenvalue weighted by Crippen LogP contribution is 2.05. The van der Waals surface area contributed by atoms with Gasteiger partial charge in [0.1, 0.15) is 6.10 Å². The highest BCUT2D eigenvalue weighted by molar-refractivity contribution is 5.66. The van der Waals surface area contributed by atoms with E-state index in [2.05, 4.69) is 25.7 Å². The van der Waals surface area contributed by atoms with Crippen LogP contribution in [-0.4, -0.2) is 12.1 Å². The zero-order chi connectivity index (χ0) is 12.2. The molecule has 0 aromatic rings. The van der Waals surface area contributed by atoms with Crippen molar-refractivity contribution in [2.75, 3.05) is 0 Å². The van der Waals surface area contributed by atoms with Gasteiger partial charge in [0.05, 0.1) is 0 Å². The molecule has 0 heterocycles. The number of hydrogen-bond acceptors (Lipinski definition) is 2. The largest absolute Gasteiger partial charge is 0.458 e. The standard InChI is InChI=1S/C14H24O2/c1-4-6-7-8-9-10-11-12-14(5-2)16-13(3)15/h5,10-11,14H,2,4,6-9,12H2,1,3H3/b11-10+. The fraction of sp³-hybridized carbons (Fsp3) is 0.643. The third-order valence-electron chi connectivity index (χ3n) is 2.34. The number of unbranched alkanes of at least 4 members (excludes halogenated alkanes) is 4. The van der Waals surface area contributed by atoms with Gasteiger partial charge in [-0.05, 0) is 12.8 Å². The van der Waals surface area contributed by atoms with Crippen LogP contribution in [0.4, 0.5) is 0 Å². The molecule has 0 bridgehead atoms. The number of hydrogen-bond donors (Lipinski definition) is 0. The third-order valence-corrected chi connectivity index (χ3v) is 2.34. The van der Waals surface area contributed by atoms with Crippen LogP contribution >= 0.6 is 0 Å². The van der Waals surface area contributed by atoms with Crippen LogP contribution in [0.25, 0.3) is 0 Å². The molecule has 0 spiro atoms. The molecule has 0 aliphatic carbocycles. The van der Waals surface area contributed by atoms with Gasteiger partial charge in [0.15, 0.2) is 0 Å². The number of esters is 1. The van der Waals surface area contributed by atoms with Gasteiger partial charge in [0, 0.05) is 13.3 Å². The van der Waals surface area contributed by atoms with E-state index in [9.17, 15) is 4.79 Å². The van der Waals surface area contributed by atoms with Gasteiger partial charge in [0.25, 0.3) is 0 Å². The van der Waals surface area contributed by atoms with Crippen LogP contribution < -0.4 is 0 Å². The molecule has 16 heavy (non-hydrogen) atoms. The predicted molar refractivity (Wildman–Crippen MR) is 68.3 cm³/mol. The molecule has 0 saturated carbocycles. The summed E-state index contributed by atoms with van der Waals surface area (Å²) in [6.07, 6.45) is 12.7. The van der Waals surface area contributed by atoms with Crippen molar-refractivity contribution < 1.29 is 9.53 Å². The van der Waals surface area contributed by atoms with Crippen LogP contribution in [0.3, 0.4) is 0 Å². The lowest BCUT2D eigenvalue weighted by Gasteiger charge is -2.09. The number of ether oxygens (including phenoxy) is 1. The van der Waals surface area contributed by atoms with E-state index < -0.39 is 0 Å². The third kappa shape index (κ3) is 9.50. The minimum atomic E-state index is -0.249. The quantitative estimate of drug-likeness (QED) is 0.336. The Kier molecular flexibility index (Phi) is 9.78. The Morgan fingerprint density at radius 1 is 1.31 bits per heavy atom. The summed E-state index contributed by atoms with van der Waals surface area (Å²) >= 11 is 0. The summed E-state index contributed by atoms with van der Waals surface area (Å²) in [6, 6.07) is 0. The van der Waals surface area contributed by atoms with Crippen LogP contribution in [-0.2, 0) is 9.53 Å². The van der Waals surface area contributed by atoms with Crippen molar-refractivity contribution in [1.29, 1.82) is 0 Å². The second-order valence-corrected chi connectivity index (χ2v) is 3.94. The van der Waals surface area contributed by atoms with Crippen molar-refractivity contribution >= 4 is 5.97 Å². The molecule has 92 valence electrons. The van der Waals surface area contributed by atoms with Gasteiger partial charge in [-0.25, -0.2) is 0 Å². The van der Waals surface area contributed by atoms with Gasteiger partial charge in [-0.2, -0.15) is 0 Å². The summed E-state index contributed by atoms with van der Waals surface area (Å²) in [5.74, 6) is -0.249. The van der Waals surface area contributed by atoms with Gasteiger partial charge in [-0.1, -0.05) is 51.0 Å². The first-order valence-electron chi connectivity index (χ1n) is 6.15. The molecule has 0 aromatic heterocycles. The molecular formula is C14H24O2. The maximum Gasteiger partial charge on any atom is 0.303 e. The van der Waals surface area contributed by atoms with Crippen LogP contribution in [0.5, 0.6) is 0 Å². The Balaban J connectivity index is 3.55. The molecule has 0 rings (SSSR count). The van der Waals surface area contributed by atoms with Gasteiger partial charge >= 0.3 is 5.97 Å². The summed E-state index contributed by atoms with van der Waals surface area (Å²) in [4.78, 5) is 10.7. The van der Waals surface area contributed by atoms with E-state index in [1.807, 2.05) is 0 Å². The van der Waals surface area contributed by atoms with Crippen molar-refractivity contribution in [2.45, 2.75) is 58.5 Å². The molecule has 0 aliphatic rings. The summed E-state index contributed by atoms with van der Waals surface area (Å²) in [5, 5.41) is 0. The Hall–Kier alpha value is -1.05. The Labute approximate surface area is 99.4 Å². The number of carbonyl (C=O) groups excluding carboxylic acids is 1. The minimum Gasteiger partial charge on any atom is -0.458 e. The van der Waals surface area contributed by atoms with Crippen LogP contribution in [0, 0.1) is 0 Å². The minimum absolute atomic E-state index is 0.176. The predicted octanol–water partition coefficient (Wildman–Crippen LogP) is 4.02. The van der Waals surface area contributed by atoms with E-state index in [0.717, 1.165) is 12.8 Å². The van der Waals surface area contributed by atoms with Crippen LogP contribution in [0.1, 0.15) is 52.4 Å². The monoisotopic (exact) mass is 224 g/mol. The zero-order valence-electron chi connectivity index (χ0n) is 10.6. The first-order chi connectivity index (χ1) is 7.70. The fourth-order valence-corrected chi connectivity index (χ4v) is 1.44. The molecule has 0 aliphatic heterocycles. The molecule has 0 radical (unpaired) electrons.